The highest BCUT2D eigenvalue weighted by Crippen LogP contribution is 2.43. The van der Waals surface area contributed by atoms with E-state index in [4.69, 9.17) is 4.74 Å². The van der Waals surface area contributed by atoms with Crippen LogP contribution in [0, 0.1) is 0 Å². The molecule has 5 nitrogen and oxygen atoms in total. The molecule has 1 aliphatic rings. The van der Waals surface area contributed by atoms with Gasteiger partial charge in [-0.15, -0.1) is 6.58 Å². The Morgan fingerprint density at radius 3 is 2.05 bits per heavy atom. The first-order valence-corrected chi connectivity index (χ1v) is 7.26. The van der Waals surface area contributed by atoms with E-state index in [0.717, 1.165) is 6.54 Å². The van der Waals surface area contributed by atoms with Crippen molar-refractivity contribution in [2.24, 2.45) is 0 Å². The molecular weight excluding hydrogens is 268 g/mol. The van der Waals surface area contributed by atoms with Gasteiger partial charge in [0.1, 0.15) is 5.54 Å². The lowest BCUT2D eigenvalue weighted by molar-refractivity contribution is -0.161. The average Bonchev–Trinajstić information content (AvgIpc) is 2.30. The van der Waals surface area contributed by atoms with Crippen LogP contribution in [0.1, 0.15) is 47.5 Å². The van der Waals surface area contributed by atoms with E-state index in [2.05, 4.69) is 44.5 Å². The summed E-state index contributed by atoms with van der Waals surface area (Å²) < 4.78 is 4.98. The fourth-order valence-corrected chi connectivity index (χ4v) is 3.99. The van der Waals surface area contributed by atoms with Gasteiger partial charge in [-0.25, -0.2) is 4.79 Å². The number of ether oxygens (including phenoxy) is 1. The highest BCUT2D eigenvalue weighted by molar-refractivity contribution is 5.87. The highest BCUT2D eigenvalue weighted by Gasteiger charge is 2.56. The molecule has 0 atom stereocenters. The molecule has 0 spiro atoms. The van der Waals surface area contributed by atoms with Crippen LogP contribution in [0.5, 0.6) is 0 Å². The van der Waals surface area contributed by atoms with Crippen molar-refractivity contribution >= 4 is 11.9 Å². The smallest absolute Gasteiger partial charge is 0.331 e. The number of hydrogen-bond acceptors (Lipinski definition) is 4. The van der Waals surface area contributed by atoms with E-state index in [1.807, 2.05) is 6.08 Å². The van der Waals surface area contributed by atoms with E-state index in [9.17, 15) is 9.59 Å². The zero-order valence-corrected chi connectivity index (χ0v) is 14.1. The SMILES string of the molecule is C=CCN1C(C)(C)CC(NC(C)=O)(C(=O)OC)CC1(C)C. The molecule has 21 heavy (non-hydrogen) atoms. The van der Waals surface area contributed by atoms with Gasteiger partial charge in [-0.2, -0.15) is 0 Å². The Hall–Kier alpha value is -1.36. The third-order valence-electron chi connectivity index (χ3n) is 4.23. The summed E-state index contributed by atoms with van der Waals surface area (Å²) in [6, 6.07) is 0. The Morgan fingerprint density at radius 1 is 1.24 bits per heavy atom. The number of piperidine rings is 1. The van der Waals surface area contributed by atoms with Crippen LogP contribution in [0.15, 0.2) is 12.7 Å². The number of carbonyl (C=O) groups excluding carboxylic acids is 2. The molecule has 0 aromatic heterocycles. The van der Waals surface area contributed by atoms with E-state index >= 15 is 0 Å². The first kappa shape index (κ1) is 17.7. The highest BCUT2D eigenvalue weighted by atomic mass is 16.5. The number of rotatable bonds is 4. The van der Waals surface area contributed by atoms with Crippen LogP contribution in [0.3, 0.4) is 0 Å². The third-order valence-corrected chi connectivity index (χ3v) is 4.23. The van der Waals surface area contributed by atoms with Crippen molar-refractivity contribution in [3.8, 4) is 0 Å². The van der Waals surface area contributed by atoms with Gasteiger partial charge in [0, 0.05) is 24.5 Å². The molecule has 5 heteroatoms. The molecule has 1 amide bonds. The number of amides is 1. The molecule has 1 N–H and O–H groups in total. The van der Waals surface area contributed by atoms with Gasteiger partial charge < -0.3 is 10.1 Å². The van der Waals surface area contributed by atoms with E-state index in [-0.39, 0.29) is 23.0 Å². The Bertz CT molecular complexity index is 423. The van der Waals surface area contributed by atoms with Gasteiger partial charge in [0.05, 0.1) is 7.11 Å². The monoisotopic (exact) mass is 296 g/mol. The van der Waals surface area contributed by atoms with Crippen molar-refractivity contribution in [1.29, 1.82) is 0 Å². The summed E-state index contributed by atoms with van der Waals surface area (Å²) in [6.07, 6.45) is 2.88. The second kappa shape index (κ2) is 5.79. The first-order chi connectivity index (χ1) is 9.50. The molecule has 0 radical (unpaired) electrons. The molecule has 0 saturated carbocycles. The van der Waals surface area contributed by atoms with Gasteiger partial charge in [0.2, 0.25) is 5.91 Å². The average molecular weight is 296 g/mol. The molecule has 120 valence electrons. The number of esters is 1. The standard InChI is InChI=1S/C16H28N2O3/c1-8-9-18-14(3,4)10-16(13(20)21-7,17-12(2)19)11-15(18,5)6/h8H,1,9-11H2,2-7H3,(H,17,19). The second-order valence-electron chi connectivity index (χ2n) is 7.13. The Labute approximate surface area is 127 Å². The molecule has 0 aromatic rings. The van der Waals surface area contributed by atoms with E-state index in [1.165, 1.54) is 14.0 Å². The summed E-state index contributed by atoms with van der Waals surface area (Å²) in [4.78, 5) is 26.3. The number of nitrogens with zero attached hydrogens (tertiary/aromatic N) is 1. The van der Waals surface area contributed by atoms with Gasteiger partial charge in [-0.3, -0.25) is 9.69 Å². The lowest BCUT2D eigenvalue weighted by atomic mass is 9.68. The summed E-state index contributed by atoms with van der Waals surface area (Å²) in [7, 11) is 1.36. The van der Waals surface area contributed by atoms with E-state index < -0.39 is 5.54 Å². The topological polar surface area (TPSA) is 58.6 Å². The minimum absolute atomic E-state index is 0.218. The second-order valence-corrected chi connectivity index (χ2v) is 7.13. The molecule has 0 unspecified atom stereocenters. The number of nitrogens with one attached hydrogen (secondary N) is 1. The van der Waals surface area contributed by atoms with Crippen LogP contribution in [0.25, 0.3) is 0 Å². The molecule has 1 aliphatic heterocycles. The third kappa shape index (κ3) is 3.46. The molecule has 1 saturated heterocycles. The van der Waals surface area contributed by atoms with E-state index in [1.54, 1.807) is 0 Å². The van der Waals surface area contributed by atoms with Gasteiger partial charge in [-0.05, 0) is 40.5 Å². The summed E-state index contributed by atoms with van der Waals surface area (Å²) >= 11 is 0. The van der Waals surface area contributed by atoms with E-state index in [0.29, 0.717) is 12.8 Å². The maximum Gasteiger partial charge on any atom is 0.331 e. The molecule has 1 rings (SSSR count). The van der Waals surface area contributed by atoms with Crippen LogP contribution in [-0.4, -0.2) is 47.0 Å². The van der Waals surface area contributed by atoms with Crippen LogP contribution in [0.2, 0.25) is 0 Å². The number of likely N-dealkylation sites (tertiary alicyclic amines) is 1. The Balaban J connectivity index is 3.29. The lowest BCUT2D eigenvalue weighted by Crippen LogP contribution is -2.71. The van der Waals surface area contributed by atoms with Gasteiger partial charge in [0.15, 0.2) is 0 Å². The minimum Gasteiger partial charge on any atom is -0.467 e. The van der Waals surface area contributed by atoms with Crippen molar-refractivity contribution in [3.63, 3.8) is 0 Å². The van der Waals surface area contributed by atoms with Crippen molar-refractivity contribution in [2.45, 2.75) is 64.1 Å². The van der Waals surface area contributed by atoms with Crippen LogP contribution in [0.4, 0.5) is 0 Å². The fraction of sp³-hybridized carbons (Fsp3) is 0.750. The zero-order chi connectivity index (χ0) is 16.5. The summed E-state index contributed by atoms with van der Waals surface area (Å²) in [5.41, 5.74) is -1.52. The summed E-state index contributed by atoms with van der Waals surface area (Å²) in [6.45, 7) is 14.3. The number of hydrogen-bond donors (Lipinski definition) is 1. The summed E-state index contributed by atoms with van der Waals surface area (Å²) in [5, 5.41) is 2.85. The van der Waals surface area contributed by atoms with Crippen LogP contribution >= 0.6 is 0 Å². The Morgan fingerprint density at radius 2 is 1.71 bits per heavy atom. The predicted molar refractivity (Wildman–Crippen MR) is 82.9 cm³/mol. The van der Waals surface area contributed by atoms with Crippen molar-refractivity contribution < 1.29 is 14.3 Å². The molecule has 0 bridgehead atoms. The van der Waals surface area contributed by atoms with Gasteiger partial charge in [0.25, 0.3) is 0 Å². The maximum atomic E-state index is 12.4. The summed E-state index contributed by atoms with van der Waals surface area (Å²) in [5.74, 6) is -0.596. The zero-order valence-electron chi connectivity index (χ0n) is 14.1. The Kier molecular flexibility index (Phi) is 4.88. The molecular formula is C16H28N2O3. The molecule has 1 heterocycles. The van der Waals surface area contributed by atoms with Crippen molar-refractivity contribution in [3.05, 3.63) is 12.7 Å². The van der Waals surface area contributed by atoms with Crippen LogP contribution < -0.4 is 5.32 Å². The van der Waals surface area contributed by atoms with Gasteiger partial charge in [-0.1, -0.05) is 6.08 Å². The van der Waals surface area contributed by atoms with Crippen LogP contribution in [-0.2, 0) is 14.3 Å². The number of methoxy groups -OCH3 is 1. The normalized spacial score (nSPS) is 23.1. The minimum atomic E-state index is -0.981. The largest absolute Gasteiger partial charge is 0.467 e. The molecule has 1 fully saturated rings. The number of carbonyl (C=O) groups is 2. The fourth-order valence-electron chi connectivity index (χ4n) is 3.99. The lowest BCUT2D eigenvalue weighted by Gasteiger charge is -2.58. The van der Waals surface area contributed by atoms with Crippen molar-refractivity contribution in [1.82, 2.24) is 10.2 Å². The predicted octanol–water partition coefficient (Wildman–Crippen LogP) is 1.87. The maximum absolute atomic E-state index is 12.4. The molecule has 0 aromatic carbocycles. The van der Waals surface area contributed by atoms with Gasteiger partial charge >= 0.3 is 5.97 Å². The quantitative estimate of drug-likeness (QED) is 0.635. The van der Waals surface area contributed by atoms with Crippen molar-refractivity contribution in [2.75, 3.05) is 13.7 Å². The molecule has 0 aliphatic carbocycles. The first-order valence-electron chi connectivity index (χ1n) is 7.26.